The van der Waals surface area contributed by atoms with Crippen LogP contribution in [0.3, 0.4) is 0 Å². The summed E-state index contributed by atoms with van der Waals surface area (Å²) in [5.74, 6) is -0.175. The Kier molecular flexibility index (Phi) is 4.55. The number of aryl methyl sites for hydroxylation is 1. The second-order valence-corrected chi connectivity index (χ2v) is 4.89. The molecule has 0 bridgehead atoms. The molecule has 0 spiro atoms. The first-order valence-electron chi connectivity index (χ1n) is 6.19. The highest BCUT2D eigenvalue weighted by Crippen LogP contribution is 2.16. The van der Waals surface area contributed by atoms with Crippen LogP contribution in [0.15, 0.2) is 12.3 Å². The molecule has 2 rings (SSSR count). The summed E-state index contributed by atoms with van der Waals surface area (Å²) in [6, 6.07) is 1.69. The number of halogens is 1. The number of nitrogens with zero attached hydrogens (tertiary/aromatic N) is 1. The summed E-state index contributed by atoms with van der Waals surface area (Å²) in [5.41, 5.74) is 1.23. The molecule has 1 aromatic heterocycles. The highest BCUT2D eigenvalue weighted by molar-refractivity contribution is 6.33. The van der Waals surface area contributed by atoms with Crippen molar-refractivity contribution in [3.05, 3.63) is 28.5 Å². The second-order valence-electron chi connectivity index (χ2n) is 4.49. The highest BCUT2D eigenvalue weighted by atomic mass is 35.5. The van der Waals surface area contributed by atoms with Crippen LogP contribution in [0.4, 0.5) is 0 Å². The molecule has 5 heteroatoms. The molecular formula is C13H17ClN2O2. The quantitative estimate of drug-likeness (QED) is 0.912. The lowest BCUT2D eigenvalue weighted by atomic mass is 10.2. The molecule has 1 unspecified atom stereocenters. The van der Waals surface area contributed by atoms with E-state index in [1.807, 2.05) is 6.92 Å². The van der Waals surface area contributed by atoms with Crippen molar-refractivity contribution in [1.82, 2.24) is 10.3 Å². The summed E-state index contributed by atoms with van der Waals surface area (Å²) < 4.78 is 5.49. The molecule has 1 saturated heterocycles. The lowest BCUT2D eigenvalue weighted by Crippen LogP contribution is -2.27. The van der Waals surface area contributed by atoms with Crippen LogP contribution in [0.5, 0.6) is 0 Å². The van der Waals surface area contributed by atoms with Crippen molar-refractivity contribution in [2.24, 2.45) is 0 Å². The minimum atomic E-state index is -0.175. The summed E-state index contributed by atoms with van der Waals surface area (Å²) in [6.45, 7) is 3.28. The molecule has 1 atom stereocenters. The number of carbonyl (C=O) groups excluding carboxylic acids is 1. The number of amides is 1. The molecule has 4 nitrogen and oxygen atoms in total. The van der Waals surface area contributed by atoms with Gasteiger partial charge < -0.3 is 10.1 Å². The van der Waals surface area contributed by atoms with E-state index in [1.54, 1.807) is 6.07 Å². The minimum Gasteiger partial charge on any atom is -0.378 e. The van der Waals surface area contributed by atoms with E-state index in [1.165, 1.54) is 6.20 Å². The van der Waals surface area contributed by atoms with Gasteiger partial charge in [-0.2, -0.15) is 0 Å². The minimum absolute atomic E-state index is 0.175. The maximum Gasteiger partial charge on any atom is 0.254 e. The van der Waals surface area contributed by atoms with E-state index < -0.39 is 0 Å². The molecule has 1 N–H and O–H groups in total. The molecule has 18 heavy (non-hydrogen) atoms. The summed E-state index contributed by atoms with van der Waals surface area (Å²) in [4.78, 5) is 16.0. The number of rotatable bonds is 4. The van der Waals surface area contributed by atoms with Gasteiger partial charge in [0.2, 0.25) is 0 Å². The Hall–Kier alpha value is -1.13. The van der Waals surface area contributed by atoms with Crippen molar-refractivity contribution in [3.8, 4) is 0 Å². The third-order valence-electron chi connectivity index (χ3n) is 3.01. The van der Waals surface area contributed by atoms with Crippen LogP contribution in [0, 0.1) is 6.92 Å². The lowest BCUT2D eigenvalue weighted by molar-refractivity contribution is 0.0907. The second kappa shape index (κ2) is 6.16. The summed E-state index contributed by atoms with van der Waals surface area (Å²) >= 11 is 6.00. The van der Waals surface area contributed by atoms with E-state index in [-0.39, 0.29) is 12.0 Å². The fraction of sp³-hybridized carbons (Fsp3) is 0.538. The van der Waals surface area contributed by atoms with Crippen LogP contribution in [0.25, 0.3) is 0 Å². The van der Waals surface area contributed by atoms with E-state index in [2.05, 4.69) is 10.3 Å². The molecule has 0 aliphatic carbocycles. The Morgan fingerprint density at radius 3 is 3.17 bits per heavy atom. The smallest absolute Gasteiger partial charge is 0.254 e. The average molecular weight is 269 g/mol. The van der Waals surface area contributed by atoms with Crippen LogP contribution in [-0.4, -0.2) is 30.1 Å². The first kappa shape index (κ1) is 13.3. The third kappa shape index (κ3) is 3.43. The van der Waals surface area contributed by atoms with Gasteiger partial charge in [0.15, 0.2) is 0 Å². The van der Waals surface area contributed by atoms with Crippen molar-refractivity contribution in [3.63, 3.8) is 0 Å². The van der Waals surface area contributed by atoms with E-state index in [4.69, 9.17) is 16.3 Å². The van der Waals surface area contributed by atoms with Crippen molar-refractivity contribution >= 4 is 17.5 Å². The van der Waals surface area contributed by atoms with Gasteiger partial charge in [-0.05, 0) is 32.3 Å². The number of pyridine rings is 1. The predicted molar refractivity (Wildman–Crippen MR) is 69.9 cm³/mol. The van der Waals surface area contributed by atoms with Crippen molar-refractivity contribution in [2.75, 3.05) is 13.2 Å². The van der Waals surface area contributed by atoms with Crippen molar-refractivity contribution in [1.29, 1.82) is 0 Å². The predicted octanol–water partition coefficient (Wildman–Crippen LogP) is 2.34. The molecule has 1 aromatic rings. The summed E-state index contributed by atoms with van der Waals surface area (Å²) in [6.07, 6.45) is 4.86. The zero-order valence-electron chi connectivity index (χ0n) is 10.4. The Labute approximate surface area is 112 Å². The number of hydrogen-bond donors (Lipinski definition) is 1. The normalized spacial score (nSPS) is 18.9. The van der Waals surface area contributed by atoms with Crippen LogP contribution in [0.1, 0.15) is 35.3 Å². The number of aromatic nitrogens is 1. The molecular weight excluding hydrogens is 252 g/mol. The zero-order chi connectivity index (χ0) is 13.0. The fourth-order valence-electron chi connectivity index (χ4n) is 2.01. The monoisotopic (exact) mass is 268 g/mol. The van der Waals surface area contributed by atoms with E-state index in [0.717, 1.165) is 31.6 Å². The number of carbonyl (C=O) groups is 1. The van der Waals surface area contributed by atoms with Crippen molar-refractivity contribution < 1.29 is 9.53 Å². The van der Waals surface area contributed by atoms with Crippen LogP contribution < -0.4 is 5.32 Å². The van der Waals surface area contributed by atoms with Crippen LogP contribution >= 0.6 is 11.6 Å². The van der Waals surface area contributed by atoms with Gasteiger partial charge in [0.25, 0.3) is 5.91 Å². The van der Waals surface area contributed by atoms with Crippen LogP contribution in [0.2, 0.25) is 5.02 Å². The van der Waals surface area contributed by atoms with Crippen molar-refractivity contribution in [2.45, 2.75) is 32.3 Å². The maximum atomic E-state index is 11.9. The zero-order valence-corrected chi connectivity index (χ0v) is 11.2. The first-order valence-corrected chi connectivity index (χ1v) is 6.56. The SMILES string of the molecule is Cc1cc(Cl)c(C(=O)NCCC2CCCO2)cn1. The fourth-order valence-corrected chi connectivity index (χ4v) is 2.30. The molecule has 1 aliphatic rings. The topological polar surface area (TPSA) is 51.2 Å². The van der Waals surface area contributed by atoms with Crippen LogP contribution in [-0.2, 0) is 4.74 Å². The average Bonchev–Trinajstić information content (AvgIpc) is 2.81. The number of hydrogen-bond acceptors (Lipinski definition) is 3. The standard InChI is InChI=1S/C13H17ClN2O2/c1-9-7-12(14)11(8-16-9)13(17)15-5-4-10-3-2-6-18-10/h7-8,10H,2-6H2,1H3,(H,15,17). The molecule has 1 amide bonds. The Morgan fingerprint density at radius 1 is 1.67 bits per heavy atom. The number of ether oxygens (including phenoxy) is 1. The Bertz CT molecular complexity index is 431. The highest BCUT2D eigenvalue weighted by Gasteiger charge is 2.16. The van der Waals surface area contributed by atoms with Gasteiger partial charge in [0.05, 0.1) is 16.7 Å². The van der Waals surface area contributed by atoms with Gasteiger partial charge in [-0.1, -0.05) is 11.6 Å². The Balaban J connectivity index is 1.83. The third-order valence-corrected chi connectivity index (χ3v) is 3.32. The van der Waals surface area contributed by atoms with E-state index in [0.29, 0.717) is 17.1 Å². The first-order chi connectivity index (χ1) is 8.66. The largest absolute Gasteiger partial charge is 0.378 e. The number of nitrogens with one attached hydrogen (secondary N) is 1. The van der Waals surface area contributed by atoms with E-state index >= 15 is 0 Å². The van der Waals surface area contributed by atoms with Gasteiger partial charge in [-0.25, -0.2) is 0 Å². The summed E-state index contributed by atoms with van der Waals surface area (Å²) in [7, 11) is 0. The molecule has 0 aromatic carbocycles. The van der Waals surface area contributed by atoms with Gasteiger partial charge >= 0.3 is 0 Å². The molecule has 98 valence electrons. The molecule has 1 fully saturated rings. The van der Waals surface area contributed by atoms with E-state index in [9.17, 15) is 4.79 Å². The van der Waals surface area contributed by atoms with Gasteiger partial charge in [0.1, 0.15) is 0 Å². The molecule has 0 saturated carbocycles. The van der Waals surface area contributed by atoms with Gasteiger partial charge in [-0.3, -0.25) is 9.78 Å². The summed E-state index contributed by atoms with van der Waals surface area (Å²) in [5, 5.41) is 3.28. The van der Waals surface area contributed by atoms with Gasteiger partial charge in [-0.15, -0.1) is 0 Å². The maximum absolute atomic E-state index is 11.9. The molecule has 1 aliphatic heterocycles. The van der Waals surface area contributed by atoms with Gasteiger partial charge in [0, 0.05) is 25.0 Å². The Morgan fingerprint density at radius 2 is 2.50 bits per heavy atom. The molecule has 0 radical (unpaired) electrons. The lowest BCUT2D eigenvalue weighted by Gasteiger charge is -2.10. The molecule has 2 heterocycles.